The van der Waals surface area contributed by atoms with Gasteiger partial charge in [0.05, 0.1) is 0 Å². The van der Waals surface area contributed by atoms with E-state index in [1.165, 1.54) is 44.9 Å². The van der Waals surface area contributed by atoms with Gasteiger partial charge in [-0.05, 0) is 116 Å². The molecule has 0 amide bonds. The van der Waals surface area contributed by atoms with Crippen LogP contribution in [0.4, 0.5) is 0 Å². The summed E-state index contributed by atoms with van der Waals surface area (Å²) in [5.74, 6) is 3.35. The van der Waals surface area contributed by atoms with Crippen molar-refractivity contribution in [3.8, 4) is 0 Å². The molecule has 0 aromatic rings. The number of ketones is 2. The molecule has 5 aliphatic carbocycles. The van der Waals surface area contributed by atoms with Crippen LogP contribution in [0, 0.1) is 51.2 Å². The largest absolute Gasteiger partial charge is 0.295 e. The topological polar surface area (TPSA) is 34.1 Å². The van der Waals surface area contributed by atoms with Gasteiger partial charge >= 0.3 is 0 Å². The fraction of sp³-hybridized carbons (Fsp3) is 0.793. The summed E-state index contributed by atoms with van der Waals surface area (Å²) in [6.07, 6.45) is 16.0. The molecule has 2 spiro atoms. The predicted octanol–water partition coefficient (Wildman–Crippen LogP) is 6.94. The van der Waals surface area contributed by atoms with E-state index in [0.717, 1.165) is 11.5 Å². The Hall–Kier alpha value is -1.18. The van der Waals surface area contributed by atoms with Crippen molar-refractivity contribution in [2.75, 3.05) is 0 Å². The van der Waals surface area contributed by atoms with Crippen molar-refractivity contribution in [2.24, 2.45) is 51.2 Å². The molecule has 4 saturated carbocycles. The van der Waals surface area contributed by atoms with Crippen molar-refractivity contribution >= 4 is 11.6 Å². The van der Waals surface area contributed by atoms with Gasteiger partial charge in [0.2, 0.25) is 0 Å². The van der Waals surface area contributed by atoms with Crippen molar-refractivity contribution < 1.29 is 9.59 Å². The van der Waals surface area contributed by atoms with Crippen LogP contribution < -0.4 is 0 Å². The second-order valence-electron chi connectivity index (χ2n) is 13.0. The van der Waals surface area contributed by atoms with E-state index in [1.807, 2.05) is 26.0 Å². The lowest BCUT2D eigenvalue weighted by Gasteiger charge is -2.61. The lowest BCUT2D eigenvalue weighted by atomic mass is 9.43. The minimum Gasteiger partial charge on any atom is -0.295 e. The Morgan fingerprint density at radius 2 is 1.87 bits per heavy atom. The Morgan fingerprint density at radius 1 is 1.13 bits per heavy atom. The minimum absolute atomic E-state index is 0.212. The predicted molar refractivity (Wildman–Crippen MR) is 125 cm³/mol. The van der Waals surface area contributed by atoms with Gasteiger partial charge in [-0.15, -0.1) is 0 Å². The molecule has 4 fully saturated rings. The maximum atomic E-state index is 12.6. The van der Waals surface area contributed by atoms with E-state index < -0.39 is 0 Å². The van der Waals surface area contributed by atoms with E-state index in [1.54, 1.807) is 0 Å². The molecular formula is C29H42O2. The molecule has 5 rings (SSSR count). The first-order valence-corrected chi connectivity index (χ1v) is 12.9. The Bertz CT molecular complexity index is 877. The SMILES string of the molecule is CC(C)=CC(=O)CC(C)C1CCC2(C)C3CCC4C(C)C(=O)C=CC45CC35CCC12C. The molecule has 0 bridgehead atoms. The summed E-state index contributed by atoms with van der Waals surface area (Å²) in [4.78, 5) is 25.0. The highest BCUT2D eigenvalue weighted by Crippen LogP contribution is 2.87. The first-order chi connectivity index (χ1) is 14.5. The van der Waals surface area contributed by atoms with Gasteiger partial charge in [-0.25, -0.2) is 0 Å². The van der Waals surface area contributed by atoms with Crippen LogP contribution in [0.5, 0.6) is 0 Å². The number of fused-ring (bicyclic) bond motifs is 2. The first-order valence-electron chi connectivity index (χ1n) is 12.9. The van der Waals surface area contributed by atoms with E-state index in [9.17, 15) is 9.59 Å². The highest BCUT2D eigenvalue weighted by Gasteiger charge is 2.80. The summed E-state index contributed by atoms with van der Waals surface area (Å²) in [6, 6.07) is 0. The fourth-order valence-corrected chi connectivity index (χ4v) is 10.1. The van der Waals surface area contributed by atoms with Crippen LogP contribution in [0.1, 0.15) is 92.9 Å². The zero-order chi connectivity index (χ0) is 22.4. The third kappa shape index (κ3) is 2.63. The fourth-order valence-electron chi connectivity index (χ4n) is 10.1. The molecule has 0 aromatic carbocycles. The van der Waals surface area contributed by atoms with Gasteiger partial charge in [-0.2, -0.15) is 0 Å². The van der Waals surface area contributed by atoms with Crippen LogP contribution in [-0.2, 0) is 9.59 Å². The van der Waals surface area contributed by atoms with Crippen LogP contribution in [-0.4, -0.2) is 11.6 Å². The zero-order valence-corrected chi connectivity index (χ0v) is 20.6. The Kier molecular flexibility index (Phi) is 4.66. The number of hydrogen-bond donors (Lipinski definition) is 0. The maximum Gasteiger partial charge on any atom is 0.158 e. The number of hydrogen-bond acceptors (Lipinski definition) is 2. The summed E-state index contributed by atoms with van der Waals surface area (Å²) < 4.78 is 0. The van der Waals surface area contributed by atoms with Gasteiger partial charge < -0.3 is 0 Å². The van der Waals surface area contributed by atoms with Gasteiger partial charge in [0, 0.05) is 12.3 Å². The maximum absolute atomic E-state index is 12.6. The zero-order valence-electron chi connectivity index (χ0n) is 20.6. The normalized spacial score (nSPS) is 50.6. The molecular weight excluding hydrogens is 380 g/mol. The van der Waals surface area contributed by atoms with Gasteiger partial charge in [-0.1, -0.05) is 39.3 Å². The summed E-state index contributed by atoms with van der Waals surface area (Å²) in [7, 11) is 0. The van der Waals surface area contributed by atoms with Gasteiger partial charge in [0.15, 0.2) is 11.6 Å². The Morgan fingerprint density at radius 3 is 2.58 bits per heavy atom. The second kappa shape index (κ2) is 6.67. The van der Waals surface area contributed by atoms with E-state index in [-0.39, 0.29) is 5.92 Å². The van der Waals surface area contributed by atoms with Crippen molar-refractivity contribution in [1.82, 2.24) is 0 Å². The molecule has 2 nitrogen and oxygen atoms in total. The quantitative estimate of drug-likeness (QED) is 0.460. The highest BCUT2D eigenvalue weighted by molar-refractivity contribution is 5.93. The number of carbonyl (C=O) groups excluding carboxylic acids is 2. The number of carbonyl (C=O) groups is 2. The monoisotopic (exact) mass is 422 g/mol. The summed E-state index contributed by atoms with van der Waals surface area (Å²) in [5, 5.41) is 0. The van der Waals surface area contributed by atoms with Gasteiger partial charge in [-0.3, -0.25) is 9.59 Å². The van der Waals surface area contributed by atoms with E-state index in [2.05, 4.69) is 33.8 Å². The van der Waals surface area contributed by atoms with Gasteiger partial charge in [0.1, 0.15) is 0 Å². The molecule has 9 atom stereocenters. The molecule has 31 heavy (non-hydrogen) atoms. The van der Waals surface area contributed by atoms with Crippen LogP contribution in [0.2, 0.25) is 0 Å². The number of rotatable bonds is 4. The average molecular weight is 423 g/mol. The number of allylic oxidation sites excluding steroid dienone is 4. The molecule has 2 heteroatoms. The standard InChI is InChI=1S/C29H42O2/c1-18(2)15-21(30)16-19(3)22-9-11-27(6)25-8-7-23-20(4)24(31)10-12-28(23)17-29(25,28)14-13-26(22,27)5/h10,12,15,19-20,22-23,25H,7-9,11,13-14,16-17H2,1-6H3. The van der Waals surface area contributed by atoms with E-state index >= 15 is 0 Å². The van der Waals surface area contributed by atoms with Crippen molar-refractivity contribution in [3.05, 3.63) is 23.8 Å². The summed E-state index contributed by atoms with van der Waals surface area (Å²) in [6.45, 7) is 13.8. The first kappa shape index (κ1) is 21.7. The Labute approximate surface area is 189 Å². The van der Waals surface area contributed by atoms with Crippen LogP contribution in [0.3, 0.4) is 0 Å². The molecule has 5 aliphatic rings. The van der Waals surface area contributed by atoms with Crippen molar-refractivity contribution in [2.45, 2.75) is 92.9 Å². The van der Waals surface area contributed by atoms with Gasteiger partial charge in [0.25, 0.3) is 0 Å². The lowest BCUT2D eigenvalue weighted by Crippen LogP contribution is -2.55. The van der Waals surface area contributed by atoms with E-state index in [0.29, 0.717) is 57.4 Å². The van der Waals surface area contributed by atoms with E-state index in [4.69, 9.17) is 0 Å². The highest BCUT2D eigenvalue weighted by atomic mass is 16.1. The van der Waals surface area contributed by atoms with Crippen molar-refractivity contribution in [1.29, 1.82) is 0 Å². The molecule has 0 heterocycles. The second-order valence-corrected chi connectivity index (χ2v) is 13.0. The molecule has 0 aromatic heterocycles. The third-order valence-electron chi connectivity index (χ3n) is 11.7. The summed E-state index contributed by atoms with van der Waals surface area (Å²) in [5.41, 5.74) is 2.59. The Balaban J connectivity index is 1.43. The molecule has 170 valence electrons. The summed E-state index contributed by atoms with van der Waals surface area (Å²) >= 11 is 0. The minimum atomic E-state index is 0.212. The van der Waals surface area contributed by atoms with Crippen LogP contribution in [0.15, 0.2) is 23.8 Å². The van der Waals surface area contributed by atoms with Crippen LogP contribution in [0.25, 0.3) is 0 Å². The molecule has 0 N–H and O–H groups in total. The third-order valence-corrected chi connectivity index (χ3v) is 11.7. The molecule has 9 unspecified atom stereocenters. The molecule has 0 radical (unpaired) electrons. The van der Waals surface area contributed by atoms with Crippen LogP contribution >= 0.6 is 0 Å². The van der Waals surface area contributed by atoms with Crippen molar-refractivity contribution in [3.63, 3.8) is 0 Å². The smallest absolute Gasteiger partial charge is 0.158 e. The average Bonchev–Trinajstić information content (AvgIpc) is 3.27. The lowest BCUT2D eigenvalue weighted by molar-refractivity contribution is -0.134. The molecule has 0 saturated heterocycles. The molecule has 0 aliphatic heterocycles.